The van der Waals surface area contributed by atoms with Crippen LogP contribution in [0.25, 0.3) is 11.0 Å². The van der Waals surface area contributed by atoms with Gasteiger partial charge in [-0.3, -0.25) is 0 Å². The first kappa shape index (κ1) is 11.0. The van der Waals surface area contributed by atoms with Crippen LogP contribution < -0.4 is 5.73 Å². The van der Waals surface area contributed by atoms with Gasteiger partial charge in [0.15, 0.2) is 0 Å². The lowest BCUT2D eigenvalue weighted by atomic mass is 10.3. The second-order valence-electron chi connectivity index (χ2n) is 3.72. The minimum absolute atomic E-state index is 0.276. The number of nitrogens with zero attached hydrogens (tertiary/aromatic N) is 2. The molecule has 1 unspecified atom stereocenters. The minimum Gasteiger partial charge on any atom is -0.383 e. The molecule has 0 radical (unpaired) electrons. The summed E-state index contributed by atoms with van der Waals surface area (Å²) in [6.45, 7) is 0.389. The van der Waals surface area contributed by atoms with Gasteiger partial charge in [-0.15, -0.1) is 0 Å². The van der Waals surface area contributed by atoms with E-state index in [0.29, 0.717) is 12.4 Å². The zero-order valence-electron chi connectivity index (χ0n) is 9.27. The number of aromatic nitrogens is 2. The topological polar surface area (TPSA) is 53.1 Å². The van der Waals surface area contributed by atoms with Gasteiger partial charge < -0.3 is 15.0 Å². The molecule has 16 heavy (non-hydrogen) atoms. The van der Waals surface area contributed by atoms with E-state index < -0.39 is 0 Å². The third-order valence-corrected chi connectivity index (χ3v) is 2.56. The molecule has 2 aromatic rings. The molecule has 1 aromatic heterocycles. The summed E-state index contributed by atoms with van der Waals surface area (Å²) in [6.07, 6.45) is 0. The van der Waals surface area contributed by atoms with E-state index >= 15 is 0 Å². The lowest BCUT2D eigenvalue weighted by Gasteiger charge is -2.09. The zero-order valence-corrected chi connectivity index (χ0v) is 9.27. The smallest absolute Gasteiger partial charge is 0.128 e. The summed E-state index contributed by atoms with van der Waals surface area (Å²) in [7, 11) is 3.40. The second kappa shape index (κ2) is 4.19. The summed E-state index contributed by atoms with van der Waals surface area (Å²) in [5.41, 5.74) is 7.38. The average Bonchev–Trinajstić information content (AvgIpc) is 2.57. The Morgan fingerprint density at radius 1 is 1.56 bits per heavy atom. The van der Waals surface area contributed by atoms with Crippen LogP contribution in [0.1, 0.15) is 11.9 Å². The van der Waals surface area contributed by atoms with Gasteiger partial charge in [0.25, 0.3) is 0 Å². The first-order valence-electron chi connectivity index (χ1n) is 5.00. The summed E-state index contributed by atoms with van der Waals surface area (Å²) >= 11 is 0. The first-order valence-corrected chi connectivity index (χ1v) is 5.00. The highest BCUT2D eigenvalue weighted by Gasteiger charge is 2.14. The Balaban J connectivity index is 2.51. The maximum Gasteiger partial charge on any atom is 0.128 e. The van der Waals surface area contributed by atoms with Crippen LogP contribution in [-0.4, -0.2) is 23.3 Å². The Morgan fingerprint density at radius 2 is 2.31 bits per heavy atom. The van der Waals surface area contributed by atoms with Crippen molar-refractivity contribution in [2.75, 3.05) is 13.7 Å². The van der Waals surface area contributed by atoms with Gasteiger partial charge in [0, 0.05) is 14.2 Å². The number of methoxy groups -OCH3 is 1. The Kier molecular flexibility index (Phi) is 2.89. The normalized spacial score (nSPS) is 13.2. The van der Waals surface area contributed by atoms with Crippen molar-refractivity contribution in [1.82, 2.24) is 9.55 Å². The van der Waals surface area contributed by atoms with Crippen LogP contribution in [0, 0.1) is 5.82 Å². The number of halogens is 1. The number of ether oxygens (including phenoxy) is 1. The maximum atomic E-state index is 13.1. The van der Waals surface area contributed by atoms with Crippen molar-refractivity contribution in [1.29, 1.82) is 0 Å². The number of rotatable bonds is 3. The van der Waals surface area contributed by atoms with E-state index in [-0.39, 0.29) is 11.9 Å². The molecular formula is C11H14FN3O. The predicted molar refractivity (Wildman–Crippen MR) is 59.5 cm³/mol. The molecule has 0 aliphatic rings. The molecule has 1 heterocycles. The van der Waals surface area contributed by atoms with Crippen molar-refractivity contribution >= 4 is 11.0 Å². The van der Waals surface area contributed by atoms with Crippen molar-refractivity contribution in [3.63, 3.8) is 0 Å². The SMILES string of the molecule is COCC(N)c1nc2ccc(F)cc2n1C. The van der Waals surface area contributed by atoms with Crippen LogP contribution in [0.5, 0.6) is 0 Å². The van der Waals surface area contributed by atoms with Crippen molar-refractivity contribution in [2.45, 2.75) is 6.04 Å². The van der Waals surface area contributed by atoms with Crippen molar-refractivity contribution in [3.05, 3.63) is 29.8 Å². The van der Waals surface area contributed by atoms with Gasteiger partial charge in [0.1, 0.15) is 11.6 Å². The highest BCUT2D eigenvalue weighted by Crippen LogP contribution is 2.19. The summed E-state index contributed by atoms with van der Waals surface area (Å²) in [5, 5.41) is 0. The lowest BCUT2D eigenvalue weighted by molar-refractivity contribution is 0.177. The molecule has 4 nitrogen and oxygen atoms in total. The fraction of sp³-hybridized carbons (Fsp3) is 0.364. The Morgan fingerprint density at radius 3 is 3.00 bits per heavy atom. The van der Waals surface area contributed by atoms with E-state index in [1.165, 1.54) is 12.1 Å². The summed E-state index contributed by atoms with van der Waals surface area (Å²) in [6, 6.07) is 4.19. The predicted octanol–water partition coefficient (Wildman–Crippen LogP) is 1.36. The largest absolute Gasteiger partial charge is 0.383 e. The van der Waals surface area contributed by atoms with Gasteiger partial charge in [0.05, 0.1) is 23.7 Å². The molecule has 1 atom stereocenters. The maximum absolute atomic E-state index is 13.1. The molecular weight excluding hydrogens is 209 g/mol. The Labute approximate surface area is 92.8 Å². The van der Waals surface area contributed by atoms with Crippen LogP contribution >= 0.6 is 0 Å². The van der Waals surface area contributed by atoms with Crippen LogP contribution in [0.2, 0.25) is 0 Å². The lowest BCUT2D eigenvalue weighted by Crippen LogP contribution is -2.20. The number of nitrogens with two attached hydrogens (primary N) is 1. The molecule has 0 spiro atoms. The van der Waals surface area contributed by atoms with Gasteiger partial charge in [-0.2, -0.15) is 0 Å². The van der Waals surface area contributed by atoms with Crippen molar-refractivity contribution in [2.24, 2.45) is 12.8 Å². The average molecular weight is 223 g/mol. The molecule has 0 fully saturated rings. The minimum atomic E-state index is -0.300. The fourth-order valence-corrected chi connectivity index (χ4v) is 1.77. The Bertz CT molecular complexity index is 509. The molecule has 86 valence electrons. The molecule has 0 bridgehead atoms. The highest BCUT2D eigenvalue weighted by molar-refractivity contribution is 5.76. The number of hydrogen-bond donors (Lipinski definition) is 1. The number of benzene rings is 1. The number of fused-ring (bicyclic) bond motifs is 1. The summed E-state index contributed by atoms with van der Waals surface area (Å²) in [5.74, 6) is 0.421. The van der Waals surface area contributed by atoms with Crippen LogP contribution in [0.3, 0.4) is 0 Å². The van der Waals surface area contributed by atoms with Crippen LogP contribution in [0.15, 0.2) is 18.2 Å². The number of aryl methyl sites for hydroxylation is 1. The molecule has 2 rings (SSSR count). The molecule has 2 N–H and O–H groups in total. The molecule has 0 aliphatic heterocycles. The monoisotopic (exact) mass is 223 g/mol. The van der Waals surface area contributed by atoms with E-state index in [2.05, 4.69) is 4.98 Å². The molecule has 0 saturated carbocycles. The summed E-state index contributed by atoms with van der Waals surface area (Å²) < 4.78 is 19.9. The van der Waals surface area contributed by atoms with E-state index in [1.54, 1.807) is 17.7 Å². The molecule has 0 aliphatic carbocycles. The van der Waals surface area contributed by atoms with Gasteiger partial charge >= 0.3 is 0 Å². The fourth-order valence-electron chi connectivity index (χ4n) is 1.77. The van der Waals surface area contributed by atoms with E-state index in [1.807, 2.05) is 7.05 Å². The van der Waals surface area contributed by atoms with E-state index in [0.717, 1.165) is 11.0 Å². The highest BCUT2D eigenvalue weighted by atomic mass is 19.1. The van der Waals surface area contributed by atoms with Crippen LogP contribution in [-0.2, 0) is 11.8 Å². The molecule has 5 heteroatoms. The first-order chi connectivity index (χ1) is 7.63. The van der Waals surface area contributed by atoms with Crippen molar-refractivity contribution < 1.29 is 9.13 Å². The van der Waals surface area contributed by atoms with E-state index in [4.69, 9.17) is 10.5 Å². The third kappa shape index (κ3) is 1.79. The molecule has 1 aromatic carbocycles. The summed E-state index contributed by atoms with van der Waals surface area (Å²) in [4.78, 5) is 4.36. The number of imidazole rings is 1. The van der Waals surface area contributed by atoms with Gasteiger partial charge in [-0.25, -0.2) is 9.37 Å². The van der Waals surface area contributed by atoms with Crippen LogP contribution in [0.4, 0.5) is 4.39 Å². The van der Waals surface area contributed by atoms with Gasteiger partial charge in [0.2, 0.25) is 0 Å². The van der Waals surface area contributed by atoms with Gasteiger partial charge in [-0.1, -0.05) is 0 Å². The molecule has 0 saturated heterocycles. The second-order valence-corrected chi connectivity index (χ2v) is 3.72. The zero-order chi connectivity index (χ0) is 11.7. The van der Waals surface area contributed by atoms with Crippen molar-refractivity contribution in [3.8, 4) is 0 Å². The quantitative estimate of drug-likeness (QED) is 0.854. The Hall–Kier alpha value is -1.46. The van der Waals surface area contributed by atoms with Gasteiger partial charge in [-0.05, 0) is 18.2 Å². The third-order valence-electron chi connectivity index (χ3n) is 2.56. The molecule has 0 amide bonds. The van der Waals surface area contributed by atoms with E-state index in [9.17, 15) is 4.39 Å². The standard InChI is InChI=1S/C11H14FN3O/c1-15-10-5-7(12)3-4-9(10)14-11(15)8(13)6-16-2/h3-5,8H,6,13H2,1-2H3. The number of hydrogen-bond acceptors (Lipinski definition) is 3.